The fraction of sp³-hybridized carbons (Fsp3) is 0.458. The second-order valence-corrected chi connectivity index (χ2v) is 9.19. The summed E-state index contributed by atoms with van der Waals surface area (Å²) in [7, 11) is -2.51. The van der Waals surface area contributed by atoms with E-state index in [-0.39, 0.29) is 22.5 Å². The number of methoxy groups -OCH3 is 1. The molecule has 0 fully saturated rings. The summed E-state index contributed by atoms with van der Waals surface area (Å²) < 4.78 is 48.5. The molecule has 2 aromatic rings. The van der Waals surface area contributed by atoms with Gasteiger partial charge < -0.3 is 13.8 Å². The van der Waals surface area contributed by atoms with Gasteiger partial charge in [0, 0.05) is 26.1 Å². The van der Waals surface area contributed by atoms with Gasteiger partial charge >= 0.3 is 10.1 Å². The Morgan fingerprint density at radius 2 is 1.84 bits per heavy atom. The van der Waals surface area contributed by atoms with Crippen molar-refractivity contribution in [2.24, 2.45) is 5.92 Å². The number of rotatable bonds is 13. The molecule has 0 N–H and O–H groups in total. The zero-order valence-electron chi connectivity index (χ0n) is 18.9. The molecule has 0 bridgehead atoms. The molecule has 0 radical (unpaired) electrons. The van der Waals surface area contributed by atoms with Crippen molar-refractivity contribution in [1.29, 1.82) is 0 Å². The second-order valence-electron chi connectivity index (χ2n) is 7.64. The van der Waals surface area contributed by atoms with Crippen LogP contribution in [0.3, 0.4) is 0 Å². The van der Waals surface area contributed by atoms with E-state index in [4.69, 9.17) is 8.92 Å². The number of hydrogen-bond acceptors (Lipinski definition) is 5. The van der Waals surface area contributed by atoms with Crippen LogP contribution >= 0.6 is 0 Å². The molecule has 0 aliphatic carbocycles. The maximum atomic E-state index is 13.1. The minimum Gasteiger partial charge on any atom is -0.383 e. The Bertz CT molecular complexity index is 963. The van der Waals surface area contributed by atoms with Gasteiger partial charge in [0.25, 0.3) is 0 Å². The van der Waals surface area contributed by atoms with Gasteiger partial charge in [-0.25, -0.2) is 4.39 Å². The summed E-state index contributed by atoms with van der Waals surface area (Å²) in [4.78, 5) is 14.7. The lowest BCUT2D eigenvalue weighted by Crippen LogP contribution is -2.37. The summed E-state index contributed by atoms with van der Waals surface area (Å²) in [5, 5.41) is 0. The fourth-order valence-electron chi connectivity index (χ4n) is 3.37. The van der Waals surface area contributed by atoms with Crippen LogP contribution in [-0.4, -0.2) is 39.5 Å². The third-order valence-corrected chi connectivity index (χ3v) is 6.47. The van der Waals surface area contributed by atoms with E-state index < -0.39 is 15.9 Å². The zero-order chi connectivity index (χ0) is 23.6. The molecule has 8 heteroatoms. The van der Waals surface area contributed by atoms with E-state index in [0.717, 1.165) is 55.5 Å². The van der Waals surface area contributed by atoms with Crippen molar-refractivity contribution in [3.8, 4) is 5.75 Å². The summed E-state index contributed by atoms with van der Waals surface area (Å²) in [6.45, 7) is 5.29. The highest BCUT2D eigenvalue weighted by Gasteiger charge is 2.23. The van der Waals surface area contributed by atoms with Gasteiger partial charge in [-0.15, -0.1) is 0 Å². The van der Waals surface area contributed by atoms with Crippen LogP contribution in [0.5, 0.6) is 5.75 Å². The minimum atomic E-state index is -4.10. The van der Waals surface area contributed by atoms with Gasteiger partial charge in [-0.3, -0.25) is 4.79 Å². The average Bonchev–Trinajstić information content (AvgIpc) is 2.77. The van der Waals surface area contributed by atoms with Crippen LogP contribution in [0.1, 0.15) is 45.1 Å². The third kappa shape index (κ3) is 7.60. The van der Waals surface area contributed by atoms with Gasteiger partial charge in [-0.05, 0) is 54.8 Å². The quantitative estimate of drug-likeness (QED) is 0.398. The second kappa shape index (κ2) is 12.6. The van der Waals surface area contributed by atoms with E-state index in [1.807, 2.05) is 13.0 Å². The minimum absolute atomic E-state index is 0.0508. The summed E-state index contributed by atoms with van der Waals surface area (Å²) >= 11 is 0. The van der Waals surface area contributed by atoms with Crippen molar-refractivity contribution < 1.29 is 26.5 Å². The smallest absolute Gasteiger partial charge is 0.339 e. The van der Waals surface area contributed by atoms with Crippen molar-refractivity contribution in [2.75, 3.05) is 20.3 Å². The van der Waals surface area contributed by atoms with Gasteiger partial charge in [0.05, 0.1) is 6.61 Å². The number of ether oxygens (including phenoxy) is 1. The molecule has 0 aromatic heterocycles. The number of carbonyl (C=O) groups excluding carboxylic acids is 1. The summed E-state index contributed by atoms with van der Waals surface area (Å²) in [5.74, 6) is -0.381. The van der Waals surface area contributed by atoms with E-state index in [0.29, 0.717) is 19.7 Å². The molecule has 0 aliphatic rings. The Hall–Kier alpha value is -2.45. The van der Waals surface area contributed by atoms with Crippen molar-refractivity contribution in [1.82, 2.24) is 4.90 Å². The SMILES string of the molecule is CCCCC(CC)C(=O)N(CCOC)Cc1cccc(OS(=O)(=O)c2ccc(F)cc2)c1. The van der Waals surface area contributed by atoms with Gasteiger partial charge in [0.15, 0.2) is 0 Å². The monoisotopic (exact) mass is 465 g/mol. The van der Waals surface area contributed by atoms with Crippen LogP contribution in [-0.2, 0) is 26.2 Å². The maximum absolute atomic E-state index is 13.1. The molecule has 0 saturated carbocycles. The van der Waals surface area contributed by atoms with Gasteiger partial charge in [0.2, 0.25) is 5.91 Å². The first-order chi connectivity index (χ1) is 15.3. The average molecular weight is 466 g/mol. The Morgan fingerprint density at radius 1 is 1.12 bits per heavy atom. The molecule has 1 amide bonds. The number of hydrogen-bond donors (Lipinski definition) is 0. The molecule has 2 rings (SSSR count). The Balaban J connectivity index is 2.18. The van der Waals surface area contributed by atoms with Gasteiger partial charge in [0.1, 0.15) is 16.5 Å². The van der Waals surface area contributed by atoms with Crippen molar-refractivity contribution in [3.05, 3.63) is 59.9 Å². The highest BCUT2D eigenvalue weighted by molar-refractivity contribution is 7.87. The zero-order valence-corrected chi connectivity index (χ0v) is 19.7. The lowest BCUT2D eigenvalue weighted by atomic mass is 9.97. The van der Waals surface area contributed by atoms with Crippen molar-refractivity contribution >= 4 is 16.0 Å². The van der Waals surface area contributed by atoms with E-state index in [1.54, 1.807) is 24.1 Å². The summed E-state index contributed by atoms with van der Waals surface area (Å²) in [6.07, 6.45) is 3.63. The normalized spacial score (nSPS) is 12.4. The highest BCUT2D eigenvalue weighted by Crippen LogP contribution is 2.22. The first kappa shape index (κ1) is 25.8. The largest absolute Gasteiger partial charge is 0.383 e. The number of amides is 1. The first-order valence-electron chi connectivity index (χ1n) is 10.9. The number of benzene rings is 2. The lowest BCUT2D eigenvalue weighted by molar-refractivity contribution is -0.137. The topological polar surface area (TPSA) is 72.9 Å². The van der Waals surface area contributed by atoms with Crippen LogP contribution < -0.4 is 4.18 Å². The first-order valence-corrected chi connectivity index (χ1v) is 12.3. The van der Waals surface area contributed by atoms with E-state index in [9.17, 15) is 17.6 Å². The van der Waals surface area contributed by atoms with Crippen molar-refractivity contribution in [3.63, 3.8) is 0 Å². The highest BCUT2D eigenvalue weighted by atomic mass is 32.2. The van der Waals surface area contributed by atoms with Crippen LogP contribution in [0.2, 0.25) is 0 Å². The molecule has 0 spiro atoms. The Kier molecular flexibility index (Phi) is 10.1. The Morgan fingerprint density at radius 3 is 2.47 bits per heavy atom. The predicted octanol–water partition coefficient (Wildman–Crippen LogP) is 4.78. The fourth-order valence-corrected chi connectivity index (χ4v) is 4.29. The van der Waals surface area contributed by atoms with E-state index in [2.05, 4.69) is 6.92 Å². The summed E-state index contributed by atoms with van der Waals surface area (Å²) in [5.41, 5.74) is 0.742. The number of carbonyl (C=O) groups is 1. The Labute approximate surface area is 190 Å². The lowest BCUT2D eigenvalue weighted by Gasteiger charge is -2.27. The molecule has 2 aromatic carbocycles. The third-order valence-electron chi connectivity index (χ3n) is 5.21. The molecule has 32 heavy (non-hydrogen) atoms. The molecular formula is C24H32FNO5S. The predicted molar refractivity (Wildman–Crippen MR) is 121 cm³/mol. The van der Waals surface area contributed by atoms with Crippen LogP contribution in [0, 0.1) is 11.7 Å². The van der Waals surface area contributed by atoms with Crippen LogP contribution in [0.25, 0.3) is 0 Å². The number of unbranched alkanes of at least 4 members (excludes halogenated alkanes) is 1. The van der Waals surface area contributed by atoms with Crippen LogP contribution in [0.4, 0.5) is 4.39 Å². The number of halogens is 1. The van der Waals surface area contributed by atoms with Crippen LogP contribution in [0.15, 0.2) is 53.4 Å². The standard InChI is InChI=1S/C24H32FNO5S/c1-4-6-9-20(5-2)24(27)26(15-16-30-3)18-19-8-7-10-22(17-19)31-32(28,29)23-13-11-21(25)12-14-23/h7-8,10-14,17,20H,4-6,9,15-16,18H2,1-3H3. The molecule has 1 atom stereocenters. The van der Waals surface area contributed by atoms with Gasteiger partial charge in [-0.1, -0.05) is 38.8 Å². The molecular weight excluding hydrogens is 433 g/mol. The molecule has 0 heterocycles. The summed E-state index contributed by atoms with van der Waals surface area (Å²) in [6, 6.07) is 11.1. The maximum Gasteiger partial charge on any atom is 0.339 e. The molecule has 0 saturated heterocycles. The molecule has 176 valence electrons. The molecule has 1 unspecified atom stereocenters. The van der Waals surface area contributed by atoms with Crippen molar-refractivity contribution in [2.45, 2.75) is 51.0 Å². The molecule has 6 nitrogen and oxygen atoms in total. The number of nitrogens with zero attached hydrogens (tertiary/aromatic N) is 1. The van der Waals surface area contributed by atoms with E-state index >= 15 is 0 Å². The van der Waals surface area contributed by atoms with E-state index in [1.165, 1.54) is 6.07 Å². The molecule has 0 aliphatic heterocycles. The van der Waals surface area contributed by atoms with Gasteiger partial charge in [-0.2, -0.15) is 8.42 Å².